The molecule has 2 atom stereocenters. The van der Waals surface area contributed by atoms with Crippen molar-refractivity contribution in [1.82, 2.24) is 10.2 Å². The lowest BCUT2D eigenvalue weighted by Crippen LogP contribution is -2.56. The normalized spacial score (nSPS) is 21.5. The molecule has 118 valence electrons. The summed E-state index contributed by atoms with van der Waals surface area (Å²) in [4.78, 5) is 13.5. The van der Waals surface area contributed by atoms with Crippen molar-refractivity contribution in [3.8, 4) is 0 Å². The number of piperidine rings is 1. The van der Waals surface area contributed by atoms with Gasteiger partial charge in [-0.1, -0.05) is 27.7 Å². The third-order valence-corrected chi connectivity index (χ3v) is 4.45. The van der Waals surface area contributed by atoms with Crippen LogP contribution < -0.4 is 11.1 Å². The van der Waals surface area contributed by atoms with E-state index in [0.29, 0.717) is 12.0 Å². The Morgan fingerprint density at radius 2 is 1.90 bits per heavy atom. The Morgan fingerprint density at radius 3 is 2.30 bits per heavy atom. The first kappa shape index (κ1) is 17.4. The number of hydrogen-bond acceptors (Lipinski definition) is 3. The van der Waals surface area contributed by atoms with Gasteiger partial charge in [0.1, 0.15) is 0 Å². The number of carbonyl (C=O) groups excluding carboxylic acids is 1. The maximum Gasteiger partial charge on any atom is 0.216 e. The number of carbonyl (C=O) groups is 1. The quantitative estimate of drug-likeness (QED) is 0.811. The van der Waals surface area contributed by atoms with Gasteiger partial charge in [-0.25, -0.2) is 0 Å². The molecule has 20 heavy (non-hydrogen) atoms. The van der Waals surface area contributed by atoms with Crippen LogP contribution >= 0.6 is 0 Å². The van der Waals surface area contributed by atoms with E-state index in [1.165, 1.54) is 0 Å². The van der Waals surface area contributed by atoms with Gasteiger partial charge >= 0.3 is 0 Å². The highest BCUT2D eigenvalue weighted by Gasteiger charge is 2.36. The first-order chi connectivity index (χ1) is 9.25. The van der Waals surface area contributed by atoms with E-state index in [2.05, 4.69) is 37.9 Å². The minimum absolute atomic E-state index is 0.0769. The zero-order valence-electron chi connectivity index (χ0n) is 13.9. The molecule has 0 aliphatic carbocycles. The van der Waals surface area contributed by atoms with E-state index in [1.807, 2.05) is 0 Å². The predicted molar refractivity (Wildman–Crippen MR) is 84.5 cm³/mol. The molecule has 1 rings (SSSR count). The van der Waals surface area contributed by atoms with Gasteiger partial charge in [-0.05, 0) is 43.7 Å². The van der Waals surface area contributed by atoms with Gasteiger partial charge in [0, 0.05) is 25.6 Å². The van der Waals surface area contributed by atoms with E-state index in [0.717, 1.165) is 38.9 Å². The highest BCUT2D eigenvalue weighted by molar-refractivity contribution is 5.72. The molecule has 0 saturated carbocycles. The molecule has 1 aliphatic rings. The topological polar surface area (TPSA) is 58.4 Å². The number of nitrogens with one attached hydrogen (secondary N) is 1. The second kappa shape index (κ2) is 7.41. The zero-order chi connectivity index (χ0) is 15.3. The van der Waals surface area contributed by atoms with Crippen molar-refractivity contribution in [1.29, 1.82) is 0 Å². The van der Waals surface area contributed by atoms with Crippen molar-refractivity contribution in [2.75, 3.05) is 19.6 Å². The molecule has 0 aromatic carbocycles. The van der Waals surface area contributed by atoms with Gasteiger partial charge in [0.2, 0.25) is 5.91 Å². The summed E-state index contributed by atoms with van der Waals surface area (Å²) in [6.07, 6.45) is 3.33. The number of nitrogens with zero attached hydrogens (tertiary/aromatic N) is 1. The monoisotopic (exact) mass is 283 g/mol. The SMILES string of the molecule is CCC(N)C(N1CCC(CNC(C)=O)CC1)C(C)(C)C. The number of rotatable bonds is 5. The van der Waals surface area contributed by atoms with Crippen LogP contribution in [0.1, 0.15) is 53.9 Å². The molecule has 1 saturated heterocycles. The maximum atomic E-state index is 11.0. The smallest absolute Gasteiger partial charge is 0.216 e. The maximum absolute atomic E-state index is 11.0. The molecule has 0 spiro atoms. The fraction of sp³-hybridized carbons (Fsp3) is 0.938. The molecule has 1 amide bonds. The largest absolute Gasteiger partial charge is 0.356 e. The molecular formula is C16H33N3O. The Balaban J connectivity index is 2.55. The predicted octanol–water partition coefficient (Wildman–Crippen LogP) is 1.99. The van der Waals surface area contributed by atoms with Gasteiger partial charge in [0.25, 0.3) is 0 Å². The van der Waals surface area contributed by atoms with Crippen molar-refractivity contribution >= 4 is 5.91 Å². The Kier molecular flexibility index (Phi) is 6.46. The molecular weight excluding hydrogens is 250 g/mol. The van der Waals surface area contributed by atoms with Crippen LogP contribution in [0.3, 0.4) is 0 Å². The summed E-state index contributed by atoms with van der Waals surface area (Å²) in [5.41, 5.74) is 6.58. The zero-order valence-corrected chi connectivity index (χ0v) is 13.9. The molecule has 1 fully saturated rings. The van der Waals surface area contributed by atoms with Gasteiger partial charge in [-0.3, -0.25) is 9.69 Å². The summed E-state index contributed by atoms with van der Waals surface area (Å²) < 4.78 is 0. The van der Waals surface area contributed by atoms with E-state index in [9.17, 15) is 4.79 Å². The highest BCUT2D eigenvalue weighted by atomic mass is 16.1. The van der Waals surface area contributed by atoms with E-state index < -0.39 is 0 Å². The molecule has 1 heterocycles. The van der Waals surface area contributed by atoms with E-state index in [1.54, 1.807) is 6.92 Å². The summed E-state index contributed by atoms with van der Waals surface area (Å²) in [5.74, 6) is 0.696. The average Bonchev–Trinajstić information content (AvgIpc) is 2.36. The molecule has 0 radical (unpaired) electrons. The van der Waals surface area contributed by atoms with Crippen LogP contribution in [-0.4, -0.2) is 42.5 Å². The van der Waals surface area contributed by atoms with Crippen molar-refractivity contribution < 1.29 is 4.79 Å². The van der Waals surface area contributed by atoms with Gasteiger partial charge < -0.3 is 11.1 Å². The first-order valence-electron chi connectivity index (χ1n) is 7.99. The van der Waals surface area contributed by atoms with E-state index >= 15 is 0 Å². The minimum atomic E-state index is 0.0769. The third-order valence-electron chi connectivity index (χ3n) is 4.45. The van der Waals surface area contributed by atoms with Crippen LogP contribution in [-0.2, 0) is 4.79 Å². The second-order valence-corrected chi connectivity index (χ2v) is 7.30. The Labute approximate surface area is 124 Å². The van der Waals surface area contributed by atoms with Crippen molar-refractivity contribution in [2.45, 2.75) is 66.0 Å². The second-order valence-electron chi connectivity index (χ2n) is 7.30. The molecule has 3 N–H and O–H groups in total. The lowest BCUT2D eigenvalue weighted by Gasteiger charge is -2.46. The summed E-state index contributed by atoms with van der Waals surface area (Å²) in [6, 6.07) is 0.677. The van der Waals surface area contributed by atoms with Crippen molar-refractivity contribution in [3.05, 3.63) is 0 Å². The molecule has 1 aliphatic heterocycles. The molecule has 0 bridgehead atoms. The van der Waals surface area contributed by atoms with E-state index in [4.69, 9.17) is 5.73 Å². The first-order valence-corrected chi connectivity index (χ1v) is 7.99. The van der Waals surface area contributed by atoms with Crippen molar-refractivity contribution in [2.24, 2.45) is 17.1 Å². The fourth-order valence-corrected chi connectivity index (χ4v) is 3.41. The standard InChI is InChI=1S/C16H33N3O/c1-6-14(17)15(16(3,4)5)19-9-7-13(8-10-19)11-18-12(2)20/h13-15H,6-11,17H2,1-5H3,(H,18,20). The molecule has 0 aromatic heterocycles. The Bertz CT molecular complexity index is 303. The Morgan fingerprint density at radius 1 is 1.35 bits per heavy atom. The van der Waals surface area contributed by atoms with E-state index in [-0.39, 0.29) is 17.4 Å². The van der Waals surface area contributed by atoms with Crippen LogP contribution in [0.4, 0.5) is 0 Å². The Hall–Kier alpha value is -0.610. The molecule has 4 nitrogen and oxygen atoms in total. The molecule has 4 heteroatoms. The highest BCUT2D eigenvalue weighted by Crippen LogP contribution is 2.30. The van der Waals surface area contributed by atoms with Gasteiger partial charge in [0.05, 0.1) is 0 Å². The summed E-state index contributed by atoms with van der Waals surface area (Å²) in [7, 11) is 0. The summed E-state index contributed by atoms with van der Waals surface area (Å²) >= 11 is 0. The van der Waals surface area contributed by atoms with Gasteiger partial charge in [-0.15, -0.1) is 0 Å². The lowest BCUT2D eigenvalue weighted by molar-refractivity contribution is -0.119. The average molecular weight is 283 g/mol. The summed E-state index contributed by atoms with van der Waals surface area (Å²) in [5, 5.41) is 2.94. The summed E-state index contributed by atoms with van der Waals surface area (Å²) in [6.45, 7) is 13.6. The van der Waals surface area contributed by atoms with Crippen molar-refractivity contribution in [3.63, 3.8) is 0 Å². The van der Waals surface area contributed by atoms with Crippen LogP contribution in [0.15, 0.2) is 0 Å². The van der Waals surface area contributed by atoms with Gasteiger partial charge in [0.15, 0.2) is 0 Å². The minimum Gasteiger partial charge on any atom is -0.356 e. The van der Waals surface area contributed by atoms with Crippen LogP contribution in [0, 0.1) is 11.3 Å². The fourth-order valence-electron chi connectivity index (χ4n) is 3.41. The number of hydrogen-bond donors (Lipinski definition) is 2. The number of likely N-dealkylation sites (tertiary alicyclic amines) is 1. The lowest BCUT2D eigenvalue weighted by atomic mass is 9.79. The molecule has 2 unspecified atom stereocenters. The van der Waals surface area contributed by atoms with Crippen LogP contribution in [0.5, 0.6) is 0 Å². The third kappa shape index (κ3) is 5.06. The number of nitrogens with two attached hydrogens (primary N) is 1. The van der Waals surface area contributed by atoms with Crippen LogP contribution in [0.25, 0.3) is 0 Å². The van der Waals surface area contributed by atoms with Gasteiger partial charge in [-0.2, -0.15) is 0 Å². The van der Waals surface area contributed by atoms with Crippen LogP contribution in [0.2, 0.25) is 0 Å². The number of amides is 1. The molecule has 0 aromatic rings.